The number of carbonyl (C=O) groups excluding carboxylic acids is 2. The molecule has 2 aliphatic carbocycles. The van der Waals surface area contributed by atoms with E-state index in [2.05, 4.69) is 5.32 Å². The molecule has 2 saturated carbocycles. The van der Waals surface area contributed by atoms with Crippen LogP contribution in [0.4, 0.5) is 0 Å². The van der Waals surface area contributed by atoms with Crippen LogP contribution in [-0.2, 0) is 22.6 Å². The maximum absolute atomic E-state index is 12.9. The lowest BCUT2D eigenvalue weighted by Crippen LogP contribution is -2.44. The molecule has 5 heteroatoms. The van der Waals surface area contributed by atoms with E-state index in [0.29, 0.717) is 6.54 Å². The van der Waals surface area contributed by atoms with E-state index in [1.807, 2.05) is 11.0 Å². The predicted molar refractivity (Wildman–Crippen MR) is 93.8 cm³/mol. The Morgan fingerprint density at radius 3 is 2.44 bits per heavy atom. The maximum Gasteiger partial charge on any atom is 0.225 e. The molecule has 1 heterocycles. The number of phenols is 1. The normalized spacial score (nSPS) is 26.0. The summed E-state index contributed by atoms with van der Waals surface area (Å²) in [4.78, 5) is 26.7. The molecule has 2 N–H and O–H groups in total. The number of amides is 2. The van der Waals surface area contributed by atoms with Crippen molar-refractivity contribution in [2.75, 3.05) is 6.54 Å². The molecule has 0 spiro atoms. The molecule has 1 aromatic rings. The van der Waals surface area contributed by atoms with Crippen molar-refractivity contribution in [2.24, 2.45) is 11.8 Å². The van der Waals surface area contributed by atoms with Gasteiger partial charge in [-0.1, -0.05) is 6.07 Å². The van der Waals surface area contributed by atoms with Gasteiger partial charge in [-0.3, -0.25) is 9.59 Å². The summed E-state index contributed by atoms with van der Waals surface area (Å²) in [5, 5.41) is 12.8. The highest BCUT2D eigenvalue weighted by molar-refractivity contribution is 5.81. The lowest BCUT2D eigenvalue weighted by atomic mass is 9.84. The van der Waals surface area contributed by atoms with Crippen molar-refractivity contribution in [3.05, 3.63) is 29.3 Å². The number of rotatable bonds is 3. The number of nitrogens with one attached hydrogen (secondary N) is 1. The lowest BCUT2D eigenvalue weighted by Gasteiger charge is -2.35. The zero-order valence-corrected chi connectivity index (χ0v) is 14.5. The number of phenolic OH excluding ortho intramolecular Hbond substituents is 1. The molecule has 0 bridgehead atoms. The largest absolute Gasteiger partial charge is 0.508 e. The zero-order valence-electron chi connectivity index (χ0n) is 14.5. The number of hydrogen-bond acceptors (Lipinski definition) is 3. The molecule has 25 heavy (non-hydrogen) atoms. The van der Waals surface area contributed by atoms with Crippen LogP contribution in [0.3, 0.4) is 0 Å². The van der Waals surface area contributed by atoms with Crippen molar-refractivity contribution < 1.29 is 14.7 Å². The van der Waals surface area contributed by atoms with Crippen molar-refractivity contribution >= 4 is 11.8 Å². The van der Waals surface area contributed by atoms with Gasteiger partial charge in [-0.15, -0.1) is 0 Å². The summed E-state index contributed by atoms with van der Waals surface area (Å²) in [6.45, 7) is 1.36. The SMILES string of the molecule is O=C(NC1CCC(C(=O)N2CCc3ccc(O)cc3C2)CC1)C1CC1. The molecule has 0 aromatic heterocycles. The molecule has 2 fully saturated rings. The molecule has 2 amide bonds. The van der Waals surface area contributed by atoms with Crippen LogP contribution >= 0.6 is 0 Å². The van der Waals surface area contributed by atoms with Gasteiger partial charge in [-0.25, -0.2) is 0 Å². The van der Waals surface area contributed by atoms with Crippen LogP contribution in [0.2, 0.25) is 0 Å². The van der Waals surface area contributed by atoms with Gasteiger partial charge in [0.05, 0.1) is 0 Å². The van der Waals surface area contributed by atoms with Crippen molar-refractivity contribution in [3.8, 4) is 5.75 Å². The summed E-state index contributed by atoms with van der Waals surface area (Å²) in [7, 11) is 0. The van der Waals surface area contributed by atoms with Crippen LogP contribution in [0, 0.1) is 11.8 Å². The fraction of sp³-hybridized carbons (Fsp3) is 0.600. The molecule has 0 saturated heterocycles. The number of carbonyl (C=O) groups is 2. The molecule has 1 aromatic carbocycles. The number of nitrogens with zero attached hydrogens (tertiary/aromatic N) is 1. The summed E-state index contributed by atoms with van der Waals surface area (Å²) in [6, 6.07) is 5.70. The average Bonchev–Trinajstić information content (AvgIpc) is 3.46. The van der Waals surface area contributed by atoms with Gasteiger partial charge in [0.25, 0.3) is 0 Å². The van der Waals surface area contributed by atoms with Gasteiger partial charge >= 0.3 is 0 Å². The highest BCUT2D eigenvalue weighted by Crippen LogP contribution is 2.32. The molecule has 3 aliphatic rings. The van der Waals surface area contributed by atoms with E-state index in [9.17, 15) is 14.7 Å². The Hall–Kier alpha value is -2.04. The standard InChI is InChI=1S/C20H26N2O3/c23-18-8-5-13-9-10-22(12-16(13)11-18)20(25)15-3-6-17(7-4-15)21-19(24)14-1-2-14/h5,8,11,14-15,17,23H,1-4,6-7,9-10,12H2,(H,21,24). The minimum absolute atomic E-state index is 0.0768. The first kappa shape index (κ1) is 16.4. The molecule has 1 aliphatic heterocycles. The van der Waals surface area contributed by atoms with Gasteiger partial charge in [0.2, 0.25) is 11.8 Å². The van der Waals surface area contributed by atoms with Gasteiger partial charge < -0.3 is 15.3 Å². The first-order valence-electron chi connectivity index (χ1n) is 9.50. The Kier molecular flexibility index (Phi) is 4.40. The number of aromatic hydroxyl groups is 1. The molecule has 0 radical (unpaired) electrons. The minimum Gasteiger partial charge on any atom is -0.508 e. The topological polar surface area (TPSA) is 69.6 Å². The third-order valence-corrected chi connectivity index (χ3v) is 5.88. The second-order valence-electron chi connectivity index (χ2n) is 7.79. The summed E-state index contributed by atoms with van der Waals surface area (Å²) in [5.41, 5.74) is 2.29. The van der Waals surface area contributed by atoms with E-state index in [1.54, 1.807) is 12.1 Å². The monoisotopic (exact) mass is 342 g/mol. The Balaban J connectivity index is 1.31. The van der Waals surface area contributed by atoms with Crippen LogP contribution in [0.25, 0.3) is 0 Å². The van der Waals surface area contributed by atoms with Gasteiger partial charge in [0.1, 0.15) is 5.75 Å². The molecule has 134 valence electrons. The number of benzene rings is 1. The number of fused-ring (bicyclic) bond motifs is 1. The first-order chi connectivity index (χ1) is 12.1. The molecule has 4 rings (SSSR count). The third-order valence-electron chi connectivity index (χ3n) is 5.88. The fourth-order valence-corrected chi connectivity index (χ4v) is 4.14. The van der Waals surface area contributed by atoms with Crippen molar-refractivity contribution in [3.63, 3.8) is 0 Å². The quantitative estimate of drug-likeness (QED) is 0.886. The van der Waals surface area contributed by atoms with Gasteiger partial charge in [0, 0.05) is 31.0 Å². The Bertz CT molecular complexity index is 676. The summed E-state index contributed by atoms with van der Waals surface area (Å²) in [6.07, 6.45) is 6.45. The van der Waals surface area contributed by atoms with E-state index >= 15 is 0 Å². The lowest BCUT2D eigenvalue weighted by molar-refractivity contribution is -0.137. The summed E-state index contributed by atoms with van der Waals surface area (Å²) < 4.78 is 0. The summed E-state index contributed by atoms with van der Waals surface area (Å²) >= 11 is 0. The Morgan fingerprint density at radius 1 is 1.00 bits per heavy atom. The first-order valence-corrected chi connectivity index (χ1v) is 9.50. The Labute approximate surface area is 148 Å². The van der Waals surface area contributed by atoms with Crippen LogP contribution in [0.5, 0.6) is 5.75 Å². The predicted octanol–water partition coefficient (Wildman–Crippen LogP) is 2.36. The van der Waals surface area contributed by atoms with Crippen molar-refractivity contribution in [1.29, 1.82) is 0 Å². The highest BCUT2D eigenvalue weighted by Gasteiger charge is 2.34. The molecular weight excluding hydrogens is 316 g/mol. The van der Waals surface area contributed by atoms with Crippen LogP contribution in [-0.4, -0.2) is 34.4 Å². The van der Waals surface area contributed by atoms with Crippen LogP contribution in [0.1, 0.15) is 49.7 Å². The second kappa shape index (κ2) is 6.70. The van der Waals surface area contributed by atoms with Gasteiger partial charge in [-0.05, 0) is 68.2 Å². The minimum atomic E-state index is 0.0768. The zero-order chi connectivity index (χ0) is 17.4. The highest BCUT2D eigenvalue weighted by atomic mass is 16.3. The van der Waals surface area contributed by atoms with Crippen molar-refractivity contribution in [2.45, 2.75) is 57.5 Å². The molecule has 0 unspecified atom stereocenters. The van der Waals surface area contributed by atoms with E-state index in [1.165, 1.54) is 5.56 Å². The van der Waals surface area contributed by atoms with Crippen LogP contribution < -0.4 is 5.32 Å². The third kappa shape index (κ3) is 3.65. The van der Waals surface area contributed by atoms with E-state index in [4.69, 9.17) is 0 Å². The molecular formula is C20H26N2O3. The smallest absolute Gasteiger partial charge is 0.225 e. The second-order valence-corrected chi connectivity index (χ2v) is 7.79. The van der Waals surface area contributed by atoms with Gasteiger partial charge in [-0.2, -0.15) is 0 Å². The van der Waals surface area contributed by atoms with E-state index < -0.39 is 0 Å². The maximum atomic E-state index is 12.9. The number of hydrogen-bond donors (Lipinski definition) is 2. The Morgan fingerprint density at radius 2 is 1.72 bits per heavy atom. The fourth-order valence-electron chi connectivity index (χ4n) is 4.14. The van der Waals surface area contributed by atoms with Crippen LogP contribution in [0.15, 0.2) is 18.2 Å². The van der Waals surface area contributed by atoms with Gasteiger partial charge in [0.15, 0.2) is 0 Å². The molecule has 0 atom stereocenters. The molecule has 5 nitrogen and oxygen atoms in total. The van der Waals surface area contributed by atoms with E-state index in [0.717, 1.165) is 57.1 Å². The van der Waals surface area contributed by atoms with E-state index in [-0.39, 0.29) is 35.4 Å². The van der Waals surface area contributed by atoms with Crippen molar-refractivity contribution in [1.82, 2.24) is 10.2 Å². The average molecular weight is 342 g/mol. The summed E-state index contributed by atoms with van der Waals surface area (Å²) in [5.74, 6) is 1.04.